The zero-order valence-corrected chi connectivity index (χ0v) is 36.7. The highest BCUT2D eigenvalue weighted by atomic mass is 35.5. The van der Waals surface area contributed by atoms with Crippen molar-refractivity contribution in [1.82, 2.24) is 9.55 Å². The number of esters is 1. The van der Waals surface area contributed by atoms with Crippen LogP contribution in [-0.2, 0) is 47.1 Å². The molecule has 0 saturated carbocycles. The number of aliphatic hydroxyl groups is 1. The van der Waals surface area contributed by atoms with Crippen LogP contribution in [-0.4, -0.2) is 31.8 Å². The van der Waals surface area contributed by atoms with Crippen molar-refractivity contribution in [2.45, 2.75) is 105 Å². The number of phosphoric acid groups is 1. The lowest BCUT2D eigenvalue weighted by Gasteiger charge is -2.30. The third-order valence-electron chi connectivity index (χ3n) is 8.76. The predicted octanol–water partition coefficient (Wildman–Crippen LogP) is 12.3. The van der Waals surface area contributed by atoms with Gasteiger partial charge in [0.2, 0.25) is 0 Å². The van der Waals surface area contributed by atoms with Crippen LogP contribution in [0.3, 0.4) is 0 Å². The van der Waals surface area contributed by atoms with E-state index in [9.17, 15) is 14.5 Å². The molecule has 0 saturated heterocycles. The van der Waals surface area contributed by atoms with Crippen molar-refractivity contribution in [1.29, 1.82) is 0 Å². The normalized spacial score (nSPS) is 12.9. The van der Waals surface area contributed by atoms with Gasteiger partial charge in [-0.05, 0) is 128 Å². The molecule has 0 unspecified atom stereocenters. The Morgan fingerprint density at radius 3 is 1.90 bits per heavy atom. The second kappa shape index (κ2) is 17.0. The van der Waals surface area contributed by atoms with E-state index in [1.807, 2.05) is 13.8 Å². The molecule has 310 valence electrons. The van der Waals surface area contributed by atoms with Gasteiger partial charge < -0.3 is 9.84 Å². The molecule has 0 amide bonds. The number of rotatable bonds is 13. The molecule has 0 bridgehead atoms. The zero-order valence-electron chi connectivity index (χ0n) is 34.2. The molecule has 9 nitrogen and oxygen atoms in total. The van der Waals surface area contributed by atoms with Crippen LogP contribution >= 0.6 is 31.0 Å². The third kappa shape index (κ3) is 11.0. The maximum atomic E-state index is 16.1. The topological polar surface area (TPSA) is 109 Å². The molecule has 0 radical (unpaired) electrons. The van der Waals surface area contributed by atoms with E-state index >= 15 is 8.78 Å². The molecule has 1 N–H and O–H groups in total. The van der Waals surface area contributed by atoms with E-state index in [1.165, 1.54) is 30.3 Å². The first kappa shape index (κ1) is 45.2. The fraction of sp³-hybridized carbons (Fsp3) is 0.364. The number of halogens is 4. The lowest BCUT2D eigenvalue weighted by atomic mass is 9.83. The summed E-state index contributed by atoms with van der Waals surface area (Å²) in [5.41, 5.74) is -1.30. The van der Waals surface area contributed by atoms with Crippen LogP contribution in [0, 0.1) is 11.6 Å². The first-order chi connectivity index (χ1) is 26.8. The van der Waals surface area contributed by atoms with Crippen LogP contribution in [0.25, 0.3) is 16.8 Å². The predicted molar refractivity (Wildman–Crippen MR) is 222 cm³/mol. The van der Waals surface area contributed by atoms with Crippen LogP contribution < -0.4 is 0 Å². The Morgan fingerprint density at radius 1 is 0.776 bits per heavy atom. The molecule has 1 heterocycles. The molecule has 0 aliphatic carbocycles. The zero-order chi connectivity index (χ0) is 43.0. The average molecular weight is 858 g/mol. The molecule has 5 rings (SSSR count). The lowest BCUT2D eigenvalue weighted by molar-refractivity contribution is 0.000822. The number of carbonyl (C=O) groups is 1. The van der Waals surface area contributed by atoms with Crippen molar-refractivity contribution < 1.29 is 41.6 Å². The number of benzene rings is 4. The van der Waals surface area contributed by atoms with Crippen LogP contribution in [0.5, 0.6) is 0 Å². The van der Waals surface area contributed by atoms with Gasteiger partial charge in [0.05, 0.1) is 40.2 Å². The van der Waals surface area contributed by atoms with Crippen molar-refractivity contribution in [3.05, 3.63) is 141 Å². The molecule has 0 atom stereocenters. The molecule has 58 heavy (non-hydrogen) atoms. The lowest BCUT2D eigenvalue weighted by Crippen LogP contribution is -2.25. The molecule has 0 aliphatic rings. The number of aromatic nitrogens is 2. The van der Waals surface area contributed by atoms with E-state index in [4.69, 9.17) is 46.5 Å². The Hall–Kier alpha value is -3.93. The minimum Gasteiger partial charge on any atom is -0.457 e. The molecule has 0 aliphatic heterocycles. The van der Waals surface area contributed by atoms with Crippen molar-refractivity contribution in [3.63, 3.8) is 0 Å². The first-order valence-electron chi connectivity index (χ1n) is 18.5. The van der Waals surface area contributed by atoms with Crippen molar-refractivity contribution in [2.24, 2.45) is 0 Å². The van der Waals surface area contributed by atoms with Gasteiger partial charge in [-0.25, -0.2) is 23.1 Å². The average Bonchev–Trinajstić information content (AvgIpc) is 3.56. The summed E-state index contributed by atoms with van der Waals surface area (Å²) in [6.07, 6.45) is 1.57. The summed E-state index contributed by atoms with van der Waals surface area (Å²) in [6.45, 7) is 16.7. The highest BCUT2D eigenvalue weighted by Crippen LogP contribution is 2.56. The summed E-state index contributed by atoms with van der Waals surface area (Å²) in [5, 5.41) is 11.7. The molecule has 14 heteroatoms. The molecular weight excluding hydrogens is 808 g/mol. The summed E-state index contributed by atoms with van der Waals surface area (Å²) in [5.74, 6) is -1.61. The number of hydrogen-bond acceptors (Lipinski definition) is 8. The van der Waals surface area contributed by atoms with Crippen molar-refractivity contribution in [2.75, 3.05) is 0 Å². The second-order valence-electron chi connectivity index (χ2n) is 17.0. The molecule has 5 aromatic rings. The molecule has 0 fully saturated rings. The standard InChI is InChI=1S/C44H49Cl2F2N2O7P/c1-41(2,3)56-58(53,57-42(4,5)6)55-25-27-13-11-14-30(21-27)39(51)54-26-31-18-17-28(22-34(31)47)29-19-20-36(35(48)23-29)50-24-37(44(9,10)52)49-40(50)43(7,8)38-32(45)15-12-16-33(38)46/h11-24,52H,25-26H2,1-10H3. The van der Waals surface area contributed by atoms with Gasteiger partial charge in [-0.1, -0.05) is 59.6 Å². The molecule has 1 aromatic heterocycles. The Labute approximate surface area is 348 Å². The number of ether oxygens (including phenoxy) is 1. The minimum atomic E-state index is -4.00. The van der Waals surface area contributed by atoms with Crippen LogP contribution in [0.2, 0.25) is 10.0 Å². The summed E-state index contributed by atoms with van der Waals surface area (Å²) < 4.78 is 69.0. The SMILES string of the molecule is CC(C)(C)OP(=O)(OCc1cccc(C(=O)OCc2ccc(-c3ccc(-n4cc(C(C)(C)O)nc4C(C)(C)c4c(Cl)cccc4Cl)c(F)c3)cc2F)c1)OC(C)(C)C. The maximum Gasteiger partial charge on any atom is 0.476 e. The van der Waals surface area contributed by atoms with Gasteiger partial charge in [0, 0.05) is 27.4 Å². The van der Waals surface area contributed by atoms with Gasteiger partial charge in [0.25, 0.3) is 0 Å². The van der Waals surface area contributed by atoms with E-state index in [2.05, 4.69) is 0 Å². The highest BCUT2D eigenvalue weighted by molar-refractivity contribution is 7.48. The summed E-state index contributed by atoms with van der Waals surface area (Å²) in [6, 6.07) is 20.3. The first-order valence-corrected chi connectivity index (χ1v) is 20.8. The fourth-order valence-corrected chi connectivity index (χ4v) is 8.80. The van der Waals surface area contributed by atoms with Gasteiger partial charge in [-0.2, -0.15) is 0 Å². The molecule has 4 aromatic carbocycles. The fourth-order valence-electron chi connectivity index (χ4n) is 6.14. The van der Waals surface area contributed by atoms with Gasteiger partial charge >= 0.3 is 13.8 Å². The number of imidazole rings is 1. The van der Waals surface area contributed by atoms with Gasteiger partial charge in [0.1, 0.15) is 29.7 Å². The summed E-state index contributed by atoms with van der Waals surface area (Å²) in [4.78, 5) is 17.8. The minimum absolute atomic E-state index is 0.107. The van der Waals surface area contributed by atoms with E-state index in [1.54, 1.807) is 115 Å². The van der Waals surface area contributed by atoms with Gasteiger partial charge in [-0.3, -0.25) is 18.1 Å². The highest BCUT2D eigenvalue weighted by Gasteiger charge is 2.38. The number of phosphoric ester groups is 1. The Balaban J connectivity index is 1.32. The Bertz CT molecular complexity index is 2320. The van der Waals surface area contributed by atoms with Crippen LogP contribution in [0.4, 0.5) is 8.78 Å². The van der Waals surface area contributed by atoms with Gasteiger partial charge in [-0.15, -0.1) is 0 Å². The number of nitrogens with zero attached hydrogens (tertiary/aromatic N) is 2. The maximum absolute atomic E-state index is 16.1. The van der Waals surface area contributed by atoms with E-state index in [-0.39, 0.29) is 30.0 Å². The van der Waals surface area contributed by atoms with Crippen LogP contribution in [0.15, 0.2) is 85.1 Å². The quantitative estimate of drug-likeness (QED) is 0.0921. The summed E-state index contributed by atoms with van der Waals surface area (Å²) >= 11 is 13.2. The van der Waals surface area contributed by atoms with E-state index < -0.39 is 47.6 Å². The molecular formula is C44H49Cl2F2N2O7P. The smallest absolute Gasteiger partial charge is 0.457 e. The Kier molecular flexibility index (Phi) is 13.2. The van der Waals surface area contributed by atoms with E-state index in [0.717, 1.165) is 0 Å². The van der Waals surface area contributed by atoms with Crippen molar-refractivity contribution >= 4 is 37.0 Å². The summed E-state index contributed by atoms with van der Waals surface area (Å²) in [7, 11) is -4.00. The third-order valence-corrected chi connectivity index (χ3v) is 11.4. The number of hydrogen-bond donors (Lipinski definition) is 1. The largest absolute Gasteiger partial charge is 0.476 e. The monoisotopic (exact) mass is 856 g/mol. The second-order valence-corrected chi connectivity index (χ2v) is 19.3. The van der Waals surface area contributed by atoms with Crippen molar-refractivity contribution in [3.8, 4) is 16.8 Å². The van der Waals surface area contributed by atoms with E-state index in [0.29, 0.717) is 43.8 Å². The van der Waals surface area contributed by atoms with Crippen LogP contribution in [0.1, 0.15) is 108 Å². The Morgan fingerprint density at radius 2 is 1.34 bits per heavy atom. The number of carbonyl (C=O) groups excluding carboxylic acids is 1. The molecule has 0 spiro atoms. The van der Waals surface area contributed by atoms with Gasteiger partial charge in [0.15, 0.2) is 0 Å².